The van der Waals surface area contributed by atoms with Crippen molar-refractivity contribution in [1.29, 1.82) is 0 Å². The van der Waals surface area contributed by atoms with Gasteiger partial charge in [-0.15, -0.1) is 0 Å². The molecule has 1 aromatic carbocycles. The van der Waals surface area contributed by atoms with Gasteiger partial charge in [-0.3, -0.25) is 14.5 Å². The highest BCUT2D eigenvalue weighted by atomic mass is 19.4. The fraction of sp³-hybridized carbons (Fsp3) is 0.333. The van der Waals surface area contributed by atoms with Gasteiger partial charge in [0, 0.05) is 5.69 Å². The van der Waals surface area contributed by atoms with Crippen LogP contribution < -0.4 is 5.32 Å². The van der Waals surface area contributed by atoms with Crippen LogP contribution in [0, 0.1) is 0 Å². The summed E-state index contributed by atoms with van der Waals surface area (Å²) in [6, 6.07) is 3.99. The molecule has 0 aliphatic heterocycles. The van der Waals surface area contributed by atoms with Crippen molar-refractivity contribution in [2.24, 2.45) is 0 Å². The van der Waals surface area contributed by atoms with E-state index in [4.69, 9.17) is 5.11 Å². The maximum Gasteiger partial charge on any atom is 0.416 e. The molecule has 1 amide bonds. The average Bonchev–Trinajstić information content (AvgIpc) is 2.26. The summed E-state index contributed by atoms with van der Waals surface area (Å²) in [5.74, 6) is -1.58. The van der Waals surface area contributed by atoms with Crippen LogP contribution >= 0.6 is 0 Å². The topological polar surface area (TPSA) is 69.6 Å². The summed E-state index contributed by atoms with van der Waals surface area (Å²) in [5.41, 5.74) is -0.592. The second kappa shape index (κ2) is 6.38. The number of carboxylic acid groups (broad SMARTS) is 1. The van der Waals surface area contributed by atoms with E-state index in [0.717, 1.165) is 24.3 Å². The molecule has 0 spiro atoms. The normalized spacial score (nSPS) is 11.4. The highest BCUT2D eigenvalue weighted by molar-refractivity contribution is 5.92. The van der Waals surface area contributed by atoms with Crippen LogP contribution in [0.15, 0.2) is 24.3 Å². The quantitative estimate of drug-likeness (QED) is 0.865. The van der Waals surface area contributed by atoms with Crippen LogP contribution in [0.3, 0.4) is 0 Å². The molecule has 0 heterocycles. The molecular weight excluding hydrogens is 277 g/mol. The molecule has 1 aromatic rings. The van der Waals surface area contributed by atoms with Crippen molar-refractivity contribution in [3.8, 4) is 0 Å². The standard InChI is InChI=1S/C12H13F3N2O3/c1-17(7-11(19)20)6-10(18)16-9-4-2-8(3-5-9)12(13,14)15/h2-5H,6-7H2,1H3,(H,16,18)(H,19,20). The smallest absolute Gasteiger partial charge is 0.416 e. The summed E-state index contributed by atoms with van der Waals surface area (Å²) in [5, 5.41) is 10.9. The zero-order valence-corrected chi connectivity index (χ0v) is 10.6. The van der Waals surface area contributed by atoms with Gasteiger partial charge in [0.25, 0.3) is 0 Å². The molecule has 0 radical (unpaired) electrons. The third-order valence-corrected chi connectivity index (χ3v) is 2.31. The Morgan fingerprint density at radius 1 is 1.20 bits per heavy atom. The first-order chi connectivity index (χ1) is 9.18. The van der Waals surface area contributed by atoms with Gasteiger partial charge in [0.1, 0.15) is 0 Å². The van der Waals surface area contributed by atoms with Crippen LogP contribution in [0.5, 0.6) is 0 Å². The minimum Gasteiger partial charge on any atom is -0.480 e. The molecule has 110 valence electrons. The Bertz CT molecular complexity index is 486. The van der Waals surface area contributed by atoms with E-state index in [1.54, 1.807) is 0 Å². The molecular formula is C12H13F3N2O3. The second-order valence-corrected chi connectivity index (χ2v) is 4.19. The lowest BCUT2D eigenvalue weighted by atomic mass is 10.2. The molecule has 0 bridgehead atoms. The zero-order chi connectivity index (χ0) is 15.3. The Balaban J connectivity index is 2.56. The average molecular weight is 290 g/mol. The van der Waals surface area contributed by atoms with Crippen molar-refractivity contribution in [2.75, 3.05) is 25.5 Å². The maximum atomic E-state index is 12.3. The highest BCUT2D eigenvalue weighted by Crippen LogP contribution is 2.29. The largest absolute Gasteiger partial charge is 0.480 e. The first-order valence-corrected chi connectivity index (χ1v) is 5.56. The number of nitrogens with one attached hydrogen (secondary N) is 1. The third kappa shape index (κ3) is 5.27. The molecule has 1 rings (SSSR count). The number of anilines is 1. The van der Waals surface area contributed by atoms with E-state index in [-0.39, 0.29) is 18.8 Å². The Morgan fingerprint density at radius 2 is 1.75 bits per heavy atom. The van der Waals surface area contributed by atoms with Gasteiger partial charge in [-0.05, 0) is 31.3 Å². The molecule has 0 aromatic heterocycles. The molecule has 0 aliphatic carbocycles. The van der Waals surface area contributed by atoms with Gasteiger partial charge in [-0.25, -0.2) is 0 Å². The van der Waals surface area contributed by atoms with Crippen LogP contribution in [0.1, 0.15) is 5.56 Å². The van der Waals surface area contributed by atoms with Crippen molar-refractivity contribution in [2.45, 2.75) is 6.18 Å². The lowest BCUT2D eigenvalue weighted by Gasteiger charge is -2.14. The molecule has 0 atom stereocenters. The number of rotatable bonds is 5. The van der Waals surface area contributed by atoms with Crippen molar-refractivity contribution in [3.63, 3.8) is 0 Å². The molecule has 0 aliphatic rings. The summed E-state index contributed by atoms with van der Waals surface area (Å²) in [6.07, 6.45) is -4.43. The summed E-state index contributed by atoms with van der Waals surface area (Å²) < 4.78 is 37.0. The molecule has 0 unspecified atom stereocenters. The Hall–Kier alpha value is -2.09. The molecule has 8 heteroatoms. The number of alkyl halides is 3. The summed E-state index contributed by atoms with van der Waals surface area (Å²) in [7, 11) is 1.44. The van der Waals surface area contributed by atoms with Crippen LogP contribution in [0.25, 0.3) is 0 Å². The van der Waals surface area contributed by atoms with Gasteiger partial charge < -0.3 is 10.4 Å². The van der Waals surface area contributed by atoms with Crippen LogP contribution in [0.2, 0.25) is 0 Å². The predicted molar refractivity (Wildman–Crippen MR) is 65.2 cm³/mol. The minimum atomic E-state index is -4.43. The van der Waals surface area contributed by atoms with E-state index in [2.05, 4.69) is 5.32 Å². The lowest BCUT2D eigenvalue weighted by Crippen LogP contribution is -2.33. The Morgan fingerprint density at radius 3 is 2.20 bits per heavy atom. The van der Waals surface area contributed by atoms with E-state index < -0.39 is 23.6 Å². The number of hydrogen-bond donors (Lipinski definition) is 2. The predicted octanol–water partition coefficient (Wildman–Crippen LogP) is 1.66. The number of hydrogen-bond acceptors (Lipinski definition) is 3. The first kappa shape index (κ1) is 16.0. The lowest BCUT2D eigenvalue weighted by molar-refractivity contribution is -0.138. The SMILES string of the molecule is CN(CC(=O)O)CC(=O)Nc1ccc(C(F)(F)F)cc1. The molecule has 0 fully saturated rings. The van der Waals surface area contributed by atoms with E-state index >= 15 is 0 Å². The minimum absolute atomic E-state index is 0.173. The van der Waals surface area contributed by atoms with Crippen molar-refractivity contribution >= 4 is 17.6 Å². The highest BCUT2D eigenvalue weighted by Gasteiger charge is 2.29. The van der Waals surface area contributed by atoms with E-state index in [1.165, 1.54) is 11.9 Å². The molecule has 2 N–H and O–H groups in total. The summed E-state index contributed by atoms with van der Waals surface area (Å²) in [4.78, 5) is 23.2. The number of carbonyl (C=O) groups is 2. The van der Waals surface area contributed by atoms with Crippen LogP contribution in [0.4, 0.5) is 18.9 Å². The zero-order valence-electron chi connectivity index (χ0n) is 10.6. The van der Waals surface area contributed by atoms with Gasteiger partial charge in [0.2, 0.25) is 5.91 Å². The Labute approximate surface area is 113 Å². The second-order valence-electron chi connectivity index (χ2n) is 4.19. The van der Waals surface area contributed by atoms with E-state index in [0.29, 0.717) is 0 Å². The van der Waals surface area contributed by atoms with Gasteiger partial charge in [-0.2, -0.15) is 13.2 Å². The van der Waals surface area contributed by atoms with Gasteiger partial charge in [0.05, 0.1) is 18.7 Å². The molecule has 5 nitrogen and oxygen atoms in total. The number of benzene rings is 1. The number of carboxylic acids is 1. The summed E-state index contributed by atoms with van der Waals surface area (Å²) >= 11 is 0. The number of carbonyl (C=O) groups excluding carboxylic acids is 1. The van der Waals surface area contributed by atoms with Crippen molar-refractivity contribution in [1.82, 2.24) is 4.90 Å². The van der Waals surface area contributed by atoms with Crippen molar-refractivity contribution < 1.29 is 27.9 Å². The van der Waals surface area contributed by atoms with E-state index in [1.807, 2.05) is 0 Å². The number of amides is 1. The summed E-state index contributed by atoms with van der Waals surface area (Å²) in [6.45, 7) is -0.478. The number of nitrogens with zero attached hydrogens (tertiary/aromatic N) is 1. The number of halogens is 3. The van der Waals surface area contributed by atoms with Crippen molar-refractivity contribution in [3.05, 3.63) is 29.8 Å². The van der Waals surface area contributed by atoms with Gasteiger partial charge >= 0.3 is 12.1 Å². The monoisotopic (exact) mass is 290 g/mol. The fourth-order valence-corrected chi connectivity index (χ4v) is 1.48. The number of likely N-dealkylation sites (N-methyl/N-ethyl adjacent to an activating group) is 1. The third-order valence-electron chi connectivity index (χ3n) is 2.31. The molecule has 0 saturated carbocycles. The molecule has 0 saturated heterocycles. The van der Waals surface area contributed by atoms with E-state index in [9.17, 15) is 22.8 Å². The fourth-order valence-electron chi connectivity index (χ4n) is 1.48. The maximum absolute atomic E-state index is 12.3. The van der Waals surface area contributed by atoms with Crippen LogP contribution in [-0.2, 0) is 15.8 Å². The molecule has 20 heavy (non-hydrogen) atoms. The Kier molecular flexibility index (Phi) is 5.09. The number of aliphatic carboxylic acids is 1. The van der Waals surface area contributed by atoms with Gasteiger partial charge in [0.15, 0.2) is 0 Å². The first-order valence-electron chi connectivity index (χ1n) is 5.56. The van der Waals surface area contributed by atoms with Gasteiger partial charge in [-0.1, -0.05) is 0 Å². The van der Waals surface area contributed by atoms with Crippen LogP contribution in [-0.4, -0.2) is 42.0 Å².